The Morgan fingerprint density at radius 1 is 1.41 bits per heavy atom. The van der Waals surface area contributed by atoms with Crippen molar-refractivity contribution in [2.24, 2.45) is 5.73 Å². The molecule has 0 spiro atoms. The highest BCUT2D eigenvalue weighted by Crippen LogP contribution is 2.13. The first kappa shape index (κ1) is 14.1. The van der Waals surface area contributed by atoms with E-state index in [1.54, 1.807) is 12.1 Å². The first-order valence-corrected chi connectivity index (χ1v) is 5.90. The van der Waals surface area contributed by atoms with Gasteiger partial charge in [0.2, 0.25) is 0 Å². The molecule has 0 atom stereocenters. The lowest BCUT2D eigenvalue weighted by Crippen LogP contribution is -2.32. The predicted octanol–water partition coefficient (Wildman–Crippen LogP) is 1.49. The zero-order valence-electron chi connectivity index (χ0n) is 10.5. The van der Waals surface area contributed by atoms with Crippen LogP contribution in [0.1, 0.15) is 25.0 Å². The molecule has 0 saturated carbocycles. The largest absolute Gasteiger partial charge is 0.395 e. The fraction of sp³-hybridized carbons (Fsp3) is 0.538. The van der Waals surface area contributed by atoms with Crippen molar-refractivity contribution in [3.63, 3.8) is 0 Å². The molecule has 0 radical (unpaired) electrons. The molecule has 0 fully saturated rings. The van der Waals surface area contributed by atoms with E-state index in [1.165, 1.54) is 6.07 Å². The lowest BCUT2D eigenvalue weighted by atomic mass is 10.1. The molecule has 0 aliphatic rings. The third kappa shape index (κ3) is 4.07. The second-order valence-corrected chi connectivity index (χ2v) is 4.42. The van der Waals surface area contributed by atoms with E-state index >= 15 is 0 Å². The molecule has 0 heterocycles. The van der Waals surface area contributed by atoms with Crippen molar-refractivity contribution in [1.82, 2.24) is 4.90 Å². The van der Waals surface area contributed by atoms with Crippen LogP contribution < -0.4 is 5.73 Å². The summed E-state index contributed by atoms with van der Waals surface area (Å²) >= 11 is 0. The van der Waals surface area contributed by atoms with Gasteiger partial charge in [0.15, 0.2) is 0 Å². The number of benzene rings is 1. The van der Waals surface area contributed by atoms with Gasteiger partial charge >= 0.3 is 0 Å². The summed E-state index contributed by atoms with van der Waals surface area (Å²) in [7, 11) is 0. The van der Waals surface area contributed by atoms with Crippen LogP contribution in [0.15, 0.2) is 18.2 Å². The molecule has 0 amide bonds. The Kier molecular flexibility index (Phi) is 5.55. The van der Waals surface area contributed by atoms with Gasteiger partial charge in [0.05, 0.1) is 6.61 Å². The number of hydrogen-bond donors (Lipinski definition) is 2. The maximum Gasteiger partial charge on any atom is 0.127 e. The quantitative estimate of drug-likeness (QED) is 0.792. The second kappa shape index (κ2) is 6.69. The molecule has 1 aromatic carbocycles. The van der Waals surface area contributed by atoms with Crippen molar-refractivity contribution >= 4 is 0 Å². The number of nitrogens with zero attached hydrogens (tertiary/aromatic N) is 1. The molecule has 4 heteroatoms. The summed E-state index contributed by atoms with van der Waals surface area (Å²) in [4.78, 5) is 2.13. The highest BCUT2D eigenvalue weighted by molar-refractivity contribution is 5.25. The average Bonchev–Trinajstić information content (AvgIpc) is 2.30. The van der Waals surface area contributed by atoms with E-state index in [1.807, 2.05) is 0 Å². The van der Waals surface area contributed by atoms with Gasteiger partial charge in [0.25, 0.3) is 0 Å². The zero-order chi connectivity index (χ0) is 12.8. The number of rotatable bonds is 6. The minimum Gasteiger partial charge on any atom is -0.395 e. The molecule has 0 aliphatic carbocycles. The fourth-order valence-electron chi connectivity index (χ4n) is 1.77. The smallest absolute Gasteiger partial charge is 0.127 e. The first-order chi connectivity index (χ1) is 8.08. The van der Waals surface area contributed by atoms with E-state index in [0.29, 0.717) is 24.7 Å². The number of halogens is 1. The maximum atomic E-state index is 13.3. The SMILES string of the molecule is CC(C)N(CCO)Cc1ccc(F)c(CN)c1. The monoisotopic (exact) mass is 240 g/mol. The molecular weight excluding hydrogens is 219 g/mol. The van der Waals surface area contributed by atoms with Crippen molar-refractivity contribution in [1.29, 1.82) is 0 Å². The molecule has 3 N–H and O–H groups in total. The van der Waals surface area contributed by atoms with E-state index in [0.717, 1.165) is 5.56 Å². The second-order valence-electron chi connectivity index (χ2n) is 4.42. The minimum atomic E-state index is -0.255. The third-order valence-corrected chi connectivity index (χ3v) is 2.83. The molecule has 96 valence electrons. The van der Waals surface area contributed by atoms with Crippen LogP contribution in [0.3, 0.4) is 0 Å². The molecule has 17 heavy (non-hydrogen) atoms. The van der Waals surface area contributed by atoms with Crippen molar-refractivity contribution in [2.75, 3.05) is 13.2 Å². The van der Waals surface area contributed by atoms with E-state index in [-0.39, 0.29) is 19.0 Å². The van der Waals surface area contributed by atoms with E-state index in [4.69, 9.17) is 10.8 Å². The van der Waals surface area contributed by atoms with Crippen LogP contribution in [0.4, 0.5) is 4.39 Å². The van der Waals surface area contributed by atoms with Crippen LogP contribution in [-0.4, -0.2) is 29.2 Å². The van der Waals surface area contributed by atoms with Crippen LogP contribution in [0, 0.1) is 5.82 Å². The van der Waals surface area contributed by atoms with Gasteiger partial charge in [-0.1, -0.05) is 12.1 Å². The third-order valence-electron chi connectivity index (χ3n) is 2.83. The van der Waals surface area contributed by atoms with Crippen molar-refractivity contribution < 1.29 is 9.50 Å². The first-order valence-electron chi connectivity index (χ1n) is 5.90. The van der Waals surface area contributed by atoms with Gasteiger partial charge in [0, 0.05) is 31.2 Å². The van der Waals surface area contributed by atoms with Crippen molar-refractivity contribution in [3.05, 3.63) is 35.1 Å². The molecule has 3 nitrogen and oxygen atoms in total. The van der Waals surface area contributed by atoms with Gasteiger partial charge in [-0.15, -0.1) is 0 Å². The van der Waals surface area contributed by atoms with Crippen molar-refractivity contribution in [3.8, 4) is 0 Å². The topological polar surface area (TPSA) is 49.5 Å². The Labute approximate surface area is 102 Å². The van der Waals surface area contributed by atoms with Gasteiger partial charge in [-0.2, -0.15) is 0 Å². The summed E-state index contributed by atoms with van der Waals surface area (Å²) in [6.07, 6.45) is 0. The van der Waals surface area contributed by atoms with E-state index < -0.39 is 0 Å². The number of aliphatic hydroxyl groups is 1. The summed E-state index contributed by atoms with van der Waals surface area (Å²) in [5.74, 6) is -0.255. The average molecular weight is 240 g/mol. The minimum absolute atomic E-state index is 0.128. The maximum absolute atomic E-state index is 13.3. The summed E-state index contributed by atoms with van der Waals surface area (Å²) in [5, 5.41) is 8.99. The molecule has 0 bridgehead atoms. The van der Waals surface area contributed by atoms with Crippen LogP contribution in [-0.2, 0) is 13.1 Å². The summed E-state index contributed by atoms with van der Waals surface area (Å²) in [6, 6.07) is 5.35. The normalized spacial score (nSPS) is 11.5. The molecule has 1 rings (SSSR count). The zero-order valence-corrected chi connectivity index (χ0v) is 10.5. The Morgan fingerprint density at radius 2 is 2.12 bits per heavy atom. The highest BCUT2D eigenvalue weighted by Gasteiger charge is 2.10. The molecule has 0 aromatic heterocycles. The number of hydrogen-bond acceptors (Lipinski definition) is 3. The standard InChI is InChI=1S/C13H21FN2O/c1-10(2)16(5-6-17)9-11-3-4-13(14)12(7-11)8-15/h3-4,7,10,17H,5-6,8-9,15H2,1-2H3. The predicted molar refractivity (Wildman–Crippen MR) is 66.9 cm³/mol. The van der Waals surface area contributed by atoms with Crippen LogP contribution in [0.2, 0.25) is 0 Å². The van der Waals surface area contributed by atoms with E-state index in [2.05, 4.69) is 18.7 Å². The summed E-state index contributed by atoms with van der Waals surface area (Å²) in [5.41, 5.74) is 7.03. The van der Waals surface area contributed by atoms with Gasteiger partial charge < -0.3 is 10.8 Å². The Balaban J connectivity index is 2.78. The van der Waals surface area contributed by atoms with Crippen LogP contribution in [0.5, 0.6) is 0 Å². The fourth-order valence-corrected chi connectivity index (χ4v) is 1.77. The Bertz CT molecular complexity index is 355. The summed E-state index contributed by atoms with van der Waals surface area (Å²) in [6.45, 7) is 5.80. The van der Waals surface area contributed by atoms with Crippen LogP contribution in [0.25, 0.3) is 0 Å². The lowest BCUT2D eigenvalue weighted by molar-refractivity contribution is 0.159. The van der Waals surface area contributed by atoms with E-state index in [9.17, 15) is 4.39 Å². The van der Waals surface area contributed by atoms with Gasteiger partial charge in [0.1, 0.15) is 5.82 Å². The molecule has 1 aromatic rings. The van der Waals surface area contributed by atoms with Gasteiger partial charge in [-0.05, 0) is 25.5 Å². The molecular formula is C13H21FN2O. The molecule has 0 unspecified atom stereocenters. The van der Waals surface area contributed by atoms with Crippen LogP contribution >= 0.6 is 0 Å². The van der Waals surface area contributed by atoms with Crippen molar-refractivity contribution in [2.45, 2.75) is 33.0 Å². The molecule has 0 aliphatic heterocycles. The highest BCUT2D eigenvalue weighted by atomic mass is 19.1. The van der Waals surface area contributed by atoms with Gasteiger partial charge in [-0.25, -0.2) is 4.39 Å². The number of aliphatic hydroxyl groups excluding tert-OH is 1. The number of nitrogens with two attached hydrogens (primary N) is 1. The Morgan fingerprint density at radius 3 is 2.65 bits per heavy atom. The van der Waals surface area contributed by atoms with Gasteiger partial charge in [-0.3, -0.25) is 4.90 Å². The lowest BCUT2D eigenvalue weighted by Gasteiger charge is -2.25. The summed E-state index contributed by atoms with van der Waals surface area (Å²) < 4.78 is 13.3. The Hall–Kier alpha value is -0.970. The molecule has 0 saturated heterocycles.